The third kappa shape index (κ3) is 6.35. The Hall–Kier alpha value is -2.13. The van der Waals surface area contributed by atoms with Gasteiger partial charge in [0.2, 0.25) is 5.91 Å². The molecule has 0 fully saturated rings. The maximum atomic E-state index is 12.3. The fraction of sp³-hybridized carbons (Fsp3) is 0.409. The van der Waals surface area contributed by atoms with Crippen LogP contribution in [-0.2, 0) is 11.3 Å². The highest BCUT2D eigenvalue weighted by Gasteiger charge is 2.12. The number of amides is 1. The quantitative estimate of drug-likeness (QED) is 0.730. The summed E-state index contributed by atoms with van der Waals surface area (Å²) in [6.07, 6.45) is 0.497. The van der Waals surface area contributed by atoms with Crippen LogP contribution in [0.25, 0.3) is 0 Å². The molecule has 0 aliphatic heterocycles. The normalized spacial score (nSPS) is 11.3. The van der Waals surface area contributed by atoms with E-state index in [1.165, 1.54) is 11.1 Å². The van der Waals surface area contributed by atoms with Gasteiger partial charge in [-0.25, -0.2) is 0 Å². The van der Waals surface area contributed by atoms with Crippen LogP contribution in [0.5, 0.6) is 0 Å². The van der Waals surface area contributed by atoms with Crippen molar-refractivity contribution in [2.45, 2.75) is 52.6 Å². The molecule has 0 bridgehead atoms. The van der Waals surface area contributed by atoms with Gasteiger partial charge in [-0.1, -0.05) is 56.3 Å². The number of rotatable bonds is 8. The standard InChI is InChI=1S/C22H30N2O/c1-17(2)20-10-12-21(13-11-20)23-22(25)14-15-24(18(3)4)16-19-8-6-5-7-9-19/h5-13,17-18H,14-16H2,1-4H3,(H,23,25). The number of hydrogen-bond donors (Lipinski definition) is 1. The van der Waals surface area contributed by atoms with Gasteiger partial charge in [-0.2, -0.15) is 0 Å². The van der Waals surface area contributed by atoms with Gasteiger partial charge in [-0.3, -0.25) is 9.69 Å². The molecule has 0 unspecified atom stereocenters. The lowest BCUT2D eigenvalue weighted by atomic mass is 10.0. The van der Waals surface area contributed by atoms with Crippen molar-refractivity contribution in [3.63, 3.8) is 0 Å². The van der Waals surface area contributed by atoms with E-state index in [4.69, 9.17) is 0 Å². The van der Waals surface area contributed by atoms with Gasteiger partial charge in [0.15, 0.2) is 0 Å². The molecule has 0 spiro atoms. The zero-order chi connectivity index (χ0) is 18.2. The minimum Gasteiger partial charge on any atom is -0.326 e. The smallest absolute Gasteiger partial charge is 0.225 e. The van der Waals surface area contributed by atoms with Crippen LogP contribution < -0.4 is 5.32 Å². The largest absolute Gasteiger partial charge is 0.326 e. The lowest BCUT2D eigenvalue weighted by Gasteiger charge is -2.26. The first-order valence-electron chi connectivity index (χ1n) is 9.13. The average molecular weight is 338 g/mol. The number of hydrogen-bond acceptors (Lipinski definition) is 2. The third-order valence-corrected chi connectivity index (χ3v) is 4.45. The van der Waals surface area contributed by atoms with Gasteiger partial charge in [-0.15, -0.1) is 0 Å². The van der Waals surface area contributed by atoms with Crippen molar-refractivity contribution < 1.29 is 4.79 Å². The van der Waals surface area contributed by atoms with E-state index in [-0.39, 0.29) is 5.91 Å². The Kier molecular flexibility index (Phi) is 7.20. The number of carbonyl (C=O) groups is 1. The fourth-order valence-corrected chi connectivity index (χ4v) is 2.76. The molecule has 3 heteroatoms. The molecule has 2 aromatic carbocycles. The predicted molar refractivity (Wildman–Crippen MR) is 106 cm³/mol. The Morgan fingerprint density at radius 1 is 0.960 bits per heavy atom. The maximum Gasteiger partial charge on any atom is 0.225 e. The van der Waals surface area contributed by atoms with Crippen molar-refractivity contribution in [2.75, 3.05) is 11.9 Å². The molecule has 0 radical (unpaired) electrons. The fourth-order valence-electron chi connectivity index (χ4n) is 2.76. The molecular formula is C22H30N2O. The molecule has 2 rings (SSSR count). The summed E-state index contributed by atoms with van der Waals surface area (Å²) in [6.45, 7) is 10.3. The molecule has 1 amide bonds. The minimum absolute atomic E-state index is 0.0657. The summed E-state index contributed by atoms with van der Waals surface area (Å²) in [7, 11) is 0. The zero-order valence-corrected chi connectivity index (χ0v) is 15.8. The van der Waals surface area contributed by atoms with Crippen molar-refractivity contribution in [2.24, 2.45) is 0 Å². The van der Waals surface area contributed by atoms with E-state index in [0.29, 0.717) is 18.4 Å². The van der Waals surface area contributed by atoms with Crippen LogP contribution in [-0.4, -0.2) is 23.4 Å². The van der Waals surface area contributed by atoms with Gasteiger partial charge in [0.25, 0.3) is 0 Å². The summed E-state index contributed by atoms with van der Waals surface area (Å²) in [5.74, 6) is 0.568. The van der Waals surface area contributed by atoms with Crippen LogP contribution in [0.3, 0.4) is 0 Å². The first kappa shape index (κ1) is 19.2. The van der Waals surface area contributed by atoms with E-state index in [1.54, 1.807) is 0 Å². The lowest BCUT2D eigenvalue weighted by Crippen LogP contribution is -2.33. The summed E-state index contributed by atoms with van der Waals surface area (Å²) in [4.78, 5) is 14.6. The number of anilines is 1. The summed E-state index contributed by atoms with van der Waals surface area (Å²) in [5, 5.41) is 3.00. The number of nitrogens with one attached hydrogen (secondary N) is 1. The Balaban J connectivity index is 1.86. The molecule has 3 nitrogen and oxygen atoms in total. The molecule has 0 aliphatic carbocycles. The van der Waals surface area contributed by atoms with E-state index in [1.807, 2.05) is 18.2 Å². The Morgan fingerprint density at radius 2 is 1.60 bits per heavy atom. The first-order chi connectivity index (χ1) is 12.0. The van der Waals surface area contributed by atoms with E-state index in [0.717, 1.165) is 18.8 Å². The molecule has 0 atom stereocenters. The van der Waals surface area contributed by atoms with Crippen molar-refractivity contribution in [3.05, 3.63) is 65.7 Å². The molecule has 1 N–H and O–H groups in total. The van der Waals surface area contributed by atoms with Crippen LogP contribution in [0.2, 0.25) is 0 Å². The highest BCUT2D eigenvalue weighted by molar-refractivity contribution is 5.90. The van der Waals surface area contributed by atoms with Gasteiger partial charge in [0.05, 0.1) is 0 Å². The Bertz CT molecular complexity index is 647. The number of benzene rings is 2. The minimum atomic E-state index is 0.0657. The van der Waals surface area contributed by atoms with Crippen LogP contribution in [0, 0.1) is 0 Å². The van der Waals surface area contributed by atoms with E-state index in [9.17, 15) is 4.79 Å². The second kappa shape index (κ2) is 9.38. The van der Waals surface area contributed by atoms with E-state index >= 15 is 0 Å². The second-order valence-corrected chi connectivity index (χ2v) is 7.12. The molecule has 0 aliphatic rings. The molecule has 25 heavy (non-hydrogen) atoms. The van der Waals surface area contributed by atoms with Crippen LogP contribution >= 0.6 is 0 Å². The van der Waals surface area contributed by atoms with Crippen LogP contribution in [0.15, 0.2) is 54.6 Å². The number of nitrogens with zero attached hydrogens (tertiary/aromatic N) is 1. The summed E-state index contributed by atoms with van der Waals surface area (Å²) in [6, 6.07) is 18.9. The zero-order valence-electron chi connectivity index (χ0n) is 15.8. The molecule has 0 saturated heterocycles. The van der Waals surface area contributed by atoms with Gasteiger partial charge in [0, 0.05) is 31.2 Å². The highest BCUT2D eigenvalue weighted by atomic mass is 16.1. The third-order valence-electron chi connectivity index (χ3n) is 4.45. The van der Waals surface area contributed by atoms with E-state index < -0.39 is 0 Å². The second-order valence-electron chi connectivity index (χ2n) is 7.12. The van der Waals surface area contributed by atoms with Crippen molar-refractivity contribution in [1.82, 2.24) is 4.90 Å². The molecule has 0 aromatic heterocycles. The van der Waals surface area contributed by atoms with Crippen molar-refractivity contribution in [1.29, 1.82) is 0 Å². The predicted octanol–water partition coefficient (Wildman–Crippen LogP) is 5.05. The summed E-state index contributed by atoms with van der Waals surface area (Å²) >= 11 is 0. The van der Waals surface area contributed by atoms with E-state index in [2.05, 4.69) is 74.3 Å². The highest BCUT2D eigenvalue weighted by Crippen LogP contribution is 2.17. The maximum absolute atomic E-state index is 12.3. The SMILES string of the molecule is CC(C)c1ccc(NC(=O)CCN(Cc2ccccc2)C(C)C)cc1. The first-order valence-corrected chi connectivity index (χ1v) is 9.13. The Morgan fingerprint density at radius 3 is 2.16 bits per heavy atom. The summed E-state index contributed by atoms with van der Waals surface area (Å²) < 4.78 is 0. The van der Waals surface area contributed by atoms with Crippen LogP contribution in [0.4, 0.5) is 5.69 Å². The average Bonchev–Trinajstić information content (AvgIpc) is 2.59. The van der Waals surface area contributed by atoms with Gasteiger partial charge >= 0.3 is 0 Å². The lowest BCUT2D eigenvalue weighted by molar-refractivity contribution is -0.116. The topological polar surface area (TPSA) is 32.3 Å². The molecule has 0 saturated carbocycles. The summed E-state index contributed by atoms with van der Waals surface area (Å²) in [5.41, 5.74) is 3.43. The van der Waals surface area contributed by atoms with Gasteiger partial charge in [0.1, 0.15) is 0 Å². The van der Waals surface area contributed by atoms with Gasteiger partial charge in [-0.05, 0) is 43.0 Å². The molecule has 134 valence electrons. The monoisotopic (exact) mass is 338 g/mol. The van der Waals surface area contributed by atoms with Crippen LogP contribution in [0.1, 0.15) is 51.2 Å². The van der Waals surface area contributed by atoms with Gasteiger partial charge < -0.3 is 5.32 Å². The molecule has 0 heterocycles. The number of carbonyl (C=O) groups excluding carboxylic acids is 1. The van der Waals surface area contributed by atoms with Crippen molar-refractivity contribution in [3.8, 4) is 0 Å². The molecule has 2 aromatic rings. The molecular weight excluding hydrogens is 308 g/mol. The van der Waals surface area contributed by atoms with Crippen molar-refractivity contribution >= 4 is 11.6 Å². The Labute approximate surface area is 152 Å².